The Morgan fingerprint density at radius 2 is 1.97 bits per heavy atom. The molecule has 2 aromatic heterocycles. The van der Waals surface area contributed by atoms with E-state index in [1.165, 1.54) is 11.1 Å². The van der Waals surface area contributed by atoms with Crippen LogP contribution in [0.1, 0.15) is 33.0 Å². The van der Waals surface area contributed by atoms with Crippen LogP contribution in [0.15, 0.2) is 42.6 Å². The summed E-state index contributed by atoms with van der Waals surface area (Å²) in [5.41, 5.74) is 5.86. The molecule has 1 amide bonds. The van der Waals surface area contributed by atoms with Gasteiger partial charge in [-0.2, -0.15) is 0 Å². The number of morpholine rings is 1. The standard InChI is InChI=1S/C23H26N6O2/c1-17-22(23(30)28-11-13-31-14-12-28)25-26-29(17)21-7-4-5-18-15-27(10-8-20(18)21)16-19-6-2-3-9-24-19/h2-7,9H,8,10-16H2,1H3. The molecular formula is C23H26N6O2. The minimum Gasteiger partial charge on any atom is -0.378 e. The Morgan fingerprint density at radius 1 is 1.10 bits per heavy atom. The predicted molar refractivity (Wildman–Crippen MR) is 115 cm³/mol. The second-order valence-corrected chi connectivity index (χ2v) is 8.04. The van der Waals surface area contributed by atoms with Crippen molar-refractivity contribution in [1.82, 2.24) is 29.8 Å². The first-order valence-electron chi connectivity index (χ1n) is 10.7. The predicted octanol–water partition coefficient (Wildman–Crippen LogP) is 2.00. The highest BCUT2D eigenvalue weighted by Gasteiger charge is 2.26. The lowest BCUT2D eigenvalue weighted by Gasteiger charge is -2.29. The van der Waals surface area contributed by atoms with Gasteiger partial charge in [-0.25, -0.2) is 4.68 Å². The minimum absolute atomic E-state index is 0.0709. The highest BCUT2D eigenvalue weighted by molar-refractivity contribution is 5.93. The van der Waals surface area contributed by atoms with E-state index in [2.05, 4.69) is 44.5 Å². The molecule has 31 heavy (non-hydrogen) atoms. The van der Waals surface area contributed by atoms with E-state index in [9.17, 15) is 4.79 Å². The summed E-state index contributed by atoms with van der Waals surface area (Å²) in [4.78, 5) is 21.6. The quantitative estimate of drug-likeness (QED) is 0.645. The van der Waals surface area contributed by atoms with Gasteiger partial charge in [0.05, 0.1) is 30.3 Å². The Kier molecular flexibility index (Phi) is 5.48. The maximum absolute atomic E-state index is 12.9. The number of rotatable bonds is 4. The van der Waals surface area contributed by atoms with Crippen LogP contribution in [-0.4, -0.2) is 68.5 Å². The summed E-state index contributed by atoms with van der Waals surface area (Å²) in [6.07, 6.45) is 2.76. The summed E-state index contributed by atoms with van der Waals surface area (Å²) in [6.45, 7) is 6.91. The number of fused-ring (bicyclic) bond motifs is 1. The molecular weight excluding hydrogens is 392 g/mol. The van der Waals surface area contributed by atoms with Crippen molar-refractivity contribution in [1.29, 1.82) is 0 Å². The lowest BCUT2D eigenvalue weighted by Crippen LogP contribution is -2.41. The van der Waals surface area contributed by atoms with Gasteiger partial charge >= 0.3 is 0 Å². The van der Waals surface area contributed by atoms with E-state index < -0.39 is 0 Å². The molecule has 0 spiro atoms. The Hall–Kier alpha value is -3.10. The average Bonchev–Trinajstić information content (AvgIpc) is 3.20. The summed E-state index contributed by atoms with van der Waals surface area (Å²) in [7, 11) is 0. The SMILES string of the molecule is Cc1c(C(=O)N2CCOCC2)nnn1-c1cccc2c1CCN(Cc1ccccn1)C2. The molecule has 4 heterocycles. The molecule has 0 radical (unpaired) electrons. The topological polar surface area (TPSA) is 76.4 Å². The normalized spacial score (nSPS) is 16.9. The van der Waals surface area contributed by atoms with E-state index in [0.29, 0.717) is 32.0 Å². The first-order chi connectivity index (χ1) is 15.2. The van der Waals surface area contributed by atoms with Crippen molar-refractivity contribution in [3.8, 4) is 5.69 Å². The second kappa shape index (κ2) is 8.56. The molecule has 2 aliphatic heterocycles. The van der Waals surface area contributed by atoms with E-state index in [4.69, 9.17) is 4.74 Å². The summed E-state index contributed by atoms with van der Waals surface area (Å²) >= 11 is 0. The summed E-state index contributed by atoms with van der Waals surface area (Å²) < 4.78 is 7.18. The molecule has 0 atom stereocenters. The third-order valence-corrected chi connectivity index (χ3v) is 6.06. The van der Waals surface area contributed by atoms with Gasteiger partial charge in [0.2, 0.25) is 0 Å². The third-order valence-electron chi connectivity index (χ3n) is 6.06. The van der Waals surface area contributed by atoms with Crippen LogP contribution in [0.25, 0.3) is 5.69 Å². The molecule has 2 aliphatic rings. The molecule has 1 aromatic carbocycles. The maximum Gasteiger partial charge on any atom is 0.276 e. The van der Waals surface area contributed by atoms with Crippen molar-refractivity contribution in [2.45, 2.75) is 26.4 Å². The fourth-order valence-electron chi connectivity index (χ4n) is 4.37. The Morgan fingerprint density at radius 3 is 2.77 bits per heavy atom. The van der Waals surface area contributed by atoms with Gasteiger partial charge in [0.25, 0.3) is 5.91 Å². The van der Waals surface area contributed by atoms with Crippen LogP contribution >= 0.6 is 0 Å². The second-order valence-electron chi connectivity index (χ2n) is 8.04. The van der Waals surface area contributed by atoms with Gasteiger partial charge in [-0.05, 0) is 42.7 Å². The van der Waals surface area contributed by atoms with Crippen LogP contribution in [0.5, 0.6) is 0 Å². The van der Waals surface area contributed by atoms with Crippen LogP contribution in [0, 0.1) is 6.92 Å². The molecule has 3 aromatic rings. The number of benzene rings is 1. The molecule has 0 bridgehead atoms. The lowest BCUT2D eigenvalue weighted by atomic mass is 9.97. The van der Waals surface area contributed by atoms with Gasteiger partial charge in [0, 0.05) is 38.9 Å². The van der Waals surface area contributed by atoms with Crippen molar-refractivity contribution in [2.75, 3.05) is 32.8 Å². The van der Waals surface area contributed by atoms with Crippen LogP contribution in [0.3, 0.4) is 0 Å². The van der Waals surface area contributed by atoms with Crippen LogP contribution < -0.4 is 0 Å². The number of nitrogens with zero attached hydrogens (tertiary/aromatic N) is 6. The maximum atomic E-state index is 12.9. The van der Waals surface area contributed by atoms with Crippen LogP contribution in [0.2, 0.25) is 0 Å². The first kappa shape index (κ1) is 19.8. The molecule has 8 heteroatoms. The van der Waals surface area contributed by atoms with Gasteiger partial charge in [-0.1, -0.05) is 23.4 Å². The summed E-state index contributed by atoms with van der Waals surface area (Å²) in [5, 5.41) is 8.61. The minimum atomic E-state index is -0.0709. The van der Waals surface area contributed by atoms with E-state index in [-0.39, 0.29) is 5.91 Å². The Labute approximate surface area is 181 Å². The monoisotopic (exact) mass is 418 g/mol. The summed E-state index contributed by atoms with van der Waals surface area (Å²) in [6, 6.07) is 12.3. The van der Waals surface area contributed by atoms with Crippen LogP contribution in [0.4, 0.5) is 0 Å². The number of aromatic nitrogens is 4. The molecule has 1 saturated heterocycles. The lowest BCUT2D eigenvalue weighted by molar-refractivity contribution is 0.0298. The van der Waals surface area contributed by atoms with Crippen molar-refractivity contribution >= 4 is 5.91 Å². The van der Waals surface area contributed by atoms with Gasteiger partial charge < -0.3 is 9.64 Å². The smallest absolute Gasteiger partial charge is 0.276 e. The van der Waals surface area contributed by atoms with E-state index in [1.54, 1.807) is 4.90 Å². The highest BCUT2D eigenvalue weighted by Crippen LogP contribution is 2.27. The summed E-state index contributed by atoms with van der Waals surface area (Å²) in [5.74, 6) is -0.0709. The van der Waals surface area contributed by atoms with Crippen molar-refractivity contribution in [3.05, 3.63) is 70.8 Å². The van der Waals surface area contributed by atoms with Crippen LogP contribution in [-0.2, 0) is 24.2 Å². The number of carbonyl (C=O) groups excluding carboxylic acids is 1. The zero-order valence-electron chi connectivity index (χ0n) is 17.7. The van der Waals surface area contributed by atoms with Crippen molar-refractivity contribution in [2.24, 2.45) is 0 Å². The average molecular weight is 419 g/mol. The highest BCUT2D eigenvalue weighted by atomic mass is 16.5. The largest absolute Gasteiger partial charge is 0.378 e. The molecule has 0 saturated carbocycles. The molecule has 8 nitrogen and oxygen atoms in total. The van der Waals surface area contributed by atoms with E-state index in [0.717, 1.165) is 43.1 Å². The third kappa shape index (κ3) is 3.96. The molecule has 160 valence electrons. The van der Waals surface area contributed by atoms with Gasteiger partial charge in [0.15, 0.2) is 5.69 Å². The molecule has 0 aliphatic carbocycles. The first-order valence-corrected chi connectivity index (χ1v) is 10.7. The van der Waals surface area contributed by atoms with Crippen molar-refractivity contribution < 1.29 is 9.53 Å². The molecule has 1 fully saturated rings. The fourth-order valence-corrected chi connectivity index (χ4v) is 4.37. The number of pyridine rings is 1. The zero-order valence-corrected chi connectivity index (χ0v) is 17.7. The Balaban J connectivity index is 1.38. The Bertz CT molecular complexity index is 1070. The van der Waals surface area contributed by atoms with Gasteiger partial charge in [0.1, 0.15) is 0 Å². The molecule has 5 rings (SSSR count). The number of hydrogen-bond acceptors (Lipinski definition) is 6. The van der Waals surface area contributed by atoms with E-state index in [1.807, 2.05) is 29.9 Å². The van der Waals surface area contributed by atoms with Gasteiger partial charge in [-0.15, -0.1) is 5.10 Å². The molecule has 0 unspecified atom stereocenters. The van der Waals surface area contributed by atoms with E-state index >= 15 is 0 Å². The van der Waals surface area contributed by atoms with Gasteiger partial charge in [-0.3, -0.25) is 14.7 Å². The number of carbonyl (C=O) groups is 1. The molecule has 0 N–H and O–H groups in total. The zero-order chi connectivity index (χ0) is 21.2. The number of hydrogen-bond donors (Lipinski definition) is 0. The van der Waals surface area contributed by atoms with Crippen molar-refractivity contribution in [3.63, 3.8) is 0 Å². The fraction of sp³-hybridized carbons (Fsp3) is 0.391. The number of amides is 1. The number of ether oxygens (including phenoxy) is 1.